The molecule has 0 fully saturated rings. The maximum absolute atomic E-state index is 7.14. The molecular formula is C83H62Au4P4S2+4. The van der Waals surface area contributed by atoms with E-state index in [1.54, 1.807) is 22.7 Å². The van der Waals surface area contributed by atoms with Crippen molar-refractivity contribution in [1.82, 2.24) is 0 Å². The normalized spacial score (nSPS) is 10.3. The summed E-state index contributed by atoms with van der Waals surface area (Å²) >= 11 is 3.35. The second-order valence-corrected chi connectivity index (χ2v) is 34.1. The number of hydrogen-bond donors (Lipinski definition) is 0. The van der Waals surface area contributed by atoms with Gasteiger partial charge in [-0.15, -0.1) is 93.5 Å². The summed E-state index contributed by atoms with van der Waals surface area (Å²) in [6.07, 6.45) is 31.1. The third-order valence-corrected chi connectivity index (χ3v) is 30.8. The number of fused-ring (bicyclic) bond motifs is 6. The zero-order valence-electron chi connectivity index (χ0n) is 50.2. The standard InChI is InChI=1S/C26H24P2.C25H22P2.2C16H6S.4Au/c1-5-13-23(14-6-1)27(24-15-7-2-8-16-24)21-22-28(25-17-9-3-10-18-25)26-19-11-4-12-20-26;1-5-13-22(14-6-1)26(23-15-7-2-8-16-23)21-27(24-17-9-3-10-18-24)25-19-11-4-12-20-25;2*1-3-11-5-7-13-14-8-6-12(4-2)10-16(14)17-15(13)9-11;;;;/h1-20H,21-22H2;1-20H,21H2;2*5-10H;;;;/q;;2*-2;4*+1/p+4. The van der Waals surface area contributed by atoms with E-state index in [4.69, 9.17) is 25.7 Å². The van der Waals surface area contributed by atoms with Gasteiger partial charge in [0.15, 0.2) is 5.90 Å². The predicted molar refractivity (Wildman–Crippen MR) is 400 cm³/mol. The van der Waals surface area contributed by atoms with Gasteiger partial charge in [0, 0.05) is 18.8 Å². The smallest absolute Gasteiger partial charge is 0.366 e. The molecule has 0 aliphatic carbocycles. The van der Waals surface area contributed by atoms with Crippen LogP contribution in [-0.2, 0) is 89.5 Å². The van der Waals surface area contributed by atoms with Crippen LogP contribution < -0.4 is 42.4 Å². The molecule has 2 aromatic heterocycles. The maximum atomic E-state index is 7.14. The molecule has 0 atom stereocenters. The van der Waals surface area contributed by atoms with Crippen molar-refractivity contribution < 1.29 is 89.5 Å². The molecule has 0 aliphatic heterocycles. The van der Waals surface area contributed by atoms with Gasteiger partial charge in [-0.2, -0.15) is 0 Å². The molecule has 14 aromatic rings. The van der Waals surface area contributed by atoms with Crippen LogP contribution in [0.4, 0.5) is 0 Å². The Labute approximate surface area is 625 Å². The molecule has 466 valence electrons. The SMILES string of the molecule is [Au+].[Au+].[Au+].[Au+].[C-]#Cc1ccc2c(c1)sc1cc(C#[C-])ccc12.[C-]#Cc1ccc2c(c1)sc1cc(C#[C-])ccc12.c1ccc([PH+](CC[PH+](c2ccccc2)c2ccccc2)c2ccccc2)cc1.c1ccc([PH+](C[PH+](c2ccccc2)c2ccccc2)c2ccccc2)cc1. The Hall–Kier alpha value is -6.00. The summed E-state index contributed by atoms with van der Waals surface area (Å²) in [5, 5.41) is 16.9. The van der Waals surface area contributed by atoms with Crippen molar-refractivity contribution >= 4 is 137 Å². The number of thiophene rings is 2. The van der Waals surface area contributed by atoms with E-state index >= 15 is 0 Å². The summed E-state index contributed by atoms with van der Waals surface area (Å²) in [6, 6.07) is 113. The van der Waals surface area contributed by atoms with Crippen LogP contribution in [0, 0.1) is 49.4 Å². The second-order valence-electron chi connectivity index (χ2n) is 21.1. The van der Waals surface area contributed by atoms with Crippen molar-refractivity contribution in [2.75, 3.05) is 18.2 Å². The van der Waals surface area contributed by atoms with Gasteiger partial charge in [0.05, 0.1) is 37.1 Å². The fraction of sp³-hybridized carbons (Fsp3) is 0.0361. The Balaban J connectivity index is 0.000000177. The van der Waals surface area contributed by atoms with Crippen LogP contribution >= 0.6 is 54.4 Å². The molecule has 0 nitrogen and oxygen atoms in total. The second kappa shape index (κ2) is 38.5. The summed E-state index contributed by atoms with van der Waals surface area (Å²) in [7, 11) is -3.26. The van der Waals surface area contributed by atoms with Gasteiger partial charge in [0.25, 0.3) is 0 Å². The van der Waals surface area contributed by atoms with Gasteiger partial charge in [-0.25, -0.2) is 0 Å². The van der Waals surface area contributed by atoms with E-state index in [-0.39, 0.29) is 89.5 Å². The molecule has 10 heteroatoms. The Morgan fingerprint density at radius 3 is 0.570 bits per heavy atom. The van der Waals surface area contributed by atoms with Gasteiger partial charge in [-0.05, 0) is 119 Å². The average molecular weight is 2040 g/mol. The third kappa shape index (κ3) is 19.8. The molecule has 0 spiro atoms. The van der Waals surface area contributed by atoms with E-state index in [1.165, 1.54) is 82.2 Å². The number of rotatable bonds is 13. The largest absolute Gasteiger partial charge is 1.00 e. The first-order valence-corrected chi connectivity index (χ1v) is 37.9. The van der Waals surface area contributed by atoms with Crippen molar-refractivity contribution in [2.45, 2.75) is 0 Å². The van der Waals surface area contributed by atoms with Crippen LogP contribution in [0.1, 0.15) is 22.3 Å². The zero-order valence-corrected chi connectivity index (χ0v) is 64.5. The van der Waals surface area contributed by atoms with Crippen LogP contribution in [0.2, 0.25) is 0 Å². The molecule has 0 bridgehead atoms. The minimum absolute atomic E-state index is 0. The quantitative estimate of drug-likeness (QED) is 0.0467. The third-order valence-electron chi connectivity index (χ3n) is 15.5. The predicted octanol–water partition coefficient (Wildman–Crippen LogP) is 17.2. The average Bonchev–Trinajstić information content (AvgIpc) is 1.66. The monoisotopic (exact) mass is 2030 g/mol. The van der Waals surface area contributed by atoms with Crippen LogP contribution in [0.25, 0.3) is 40.3 Å². The van der Waals surface area contributed by atoms with Crippen molar-refractivity contribution in [3.63, 3.8) is 0 Å². The van der Waals surface area contributed by atoms with Gasteiger partial charge in [0.2, 0.25) is 0 Å². The van der Waals surface area contributed by atoms with Gasteiger partial charge < -0.3 is 25.7 Å². The van der Waals surface area contributed by atoms with Crippen LogP contribution in [0.3, 0.4) is 0 Å². The Kier molecular flexibility index (Phi) is 30.8. The zero-order chi connectivity index (χ0) is 61.0. The molecule has 0 saturated carbocycles. The molecule has 14 rings (SSSR count). The van der Waals surface area contributed by atoms with E-state index in [9.17, 15) is 0 Å². The van der Waals surface area contributed by atoms with Crippen LogP contribution in [0.15, 0.2) is 315 Å². The molecule has 12 aromatic carbocycles. The molecule has 0 unspecified atom stereocenters. The molecule has 0 aliphatic rings. The fourth-order valence-corrected chi connectivity index (χ4v) is 27.4. The molecule has 0 radical (unpaired) electrons. The Morgan fingerprint density at radius 1 is 0.226 bits per heavy atom. The van der Waals surface area contributed by atoms with Gasteiger partial charge in [-0.1, -0.05) is 170 Å². The Morgan fingerprint density at radius 2 is 0.398 bits per heavy atom. The first-order valence-electron chi connectivity index (χ1n) is 29.5. The Bertz CT molecular complexity index is 4160. The number of benzene rings is 12. The molecule has 0 saturated heterocycles. The molecule has 0 amide bonds. The van der Waals surface area contributed by atoms with Gasteiger partial charge in [0.1, 0.15) is 49.4 Å². The topological polar surface area (TPSA) is 0 Å². The molecule has 0 N–H and O–H groups in total. The van der Waals surface area contributed by atoms with E-state index in [0.29, 0.717) is 0 Å². The molecular weight excluding hydrogens is 1970 g/mol. The van der Waals surface area contributed by atoms with E-state index in [2.05, 4.69) is 266 Å². The summed E-state index contributed by atoms with van der Waals surface area (Å²) in [6.45, 7) is 0. The van der Waals surface area contributed by atoms with Crippen molar-refractivity contribution in [2.24, 2.45) is 0 Å². The van der Waals surface area contributed by atoms with E-state index < -0.39 is 31.7 Å². The van der Waals surface area contributed by atoms with Crippen LogP contribution in [-0.4, -0.2) is 18.2 Å². The molecule has 93 heavy (non-hydrogen) atoms. The van der Waals surface area contributed by atoms with E-state index in [1.807, 2.05) is 72.8 Å². The summed E-state index contributed by atoms with van der Waals surface area (Å²) in [5.41, 5.74) is 3.18. The van der Waals surface area contributed by atoms with Crippen LogP contribution in [0.5, 0.6) is 0 Å². The minimum Gasteiger partial charge on any atom is -0.366 e. The fourth-order valence-electron chi connectivity index (χ4n) is 11.1. The van der Waals surface area contributed by atoms with Gasteiger partial charge in [-0.3, -0.25) is 23.7 Å². The van der Waals surface area contributed by atoms with Gasteiger partial charge >= 0.3 is 89.5 Å². The first kappa shape index (κ1) is 74.4. The van der Waals surface area contributed by atoms with Crippen molar-refractivity contribution in [3.05, 3.63) is 363 Å². The maximum Gasteiger partial charge on any atom is 1.00 e. The first-order chi connectivity index (χ1) is 44.0. The summed E-state index contributed by atoms with van der Waals surface area (Å²) < 4.78 is 4.61. The summed E-state index contributed by atoms with van der Waals surface area (Å²) in [4.78, 5) is 0. The summed E-state index contributed by atoms with van der Waals surface area (Å²) in [5.74, 6) is 10.8. The van der Waals surface area contributed by atoms with Crippen molar-refractivity contribution in [1.29, 1.82) is 0 Å². The number of hydrogen-bond acceptors (Lipinski definition) is 2. The molecule has 2 heterocycles. The van der Waals surface area contributed by atoms with E-state index in [0.717, 1.165) is 41.1 Å². The van der Waals surface area contributed by atoms with Crippen molar-refractivity contribution in [3.8, 4) is 23.7 Å². The minimum atomic E-state index is -0.847.